The van der Waals surface area contributed by atoms with E-state index < -0.39 is 49.1 Å². The highest BCUT2D eigenvalue weighted by atomic mass is 19.3. The van der Waals surface area contributed by atoms with Crippen molar-refractivity contribution in [2.45, 2.75) is 37.7 Å². The van der Waals surface area contributed by atoms with Crippen LogP contribution in [0.25, 0.3) is 0 Å². The molecule has 0 aromatic rings. The zero-order valence-electron chi connectivity index (χ0n) is 9.41. The van der Waals surface area contributed by atoms with Gasteiger partial charge in [-0.2, -0.15) is 8.78 Å². The van der Waals surface area contributed by atoms with E-state index >= 15 is 0 Å². The van der Waals surface area contributed by atoms with Gasteiger partial charge in [0.25, 0.3) is 5.91 Å². The Balaban J connectivity index is 4.55. The van der Waals surface area contributed by atoms with E-state index in [1.807, 2.05) is 0 Å². The number of carboxylic acids is 2. The summed E-state index contributed by atoms with van der Waals surface area (Å²) in [5.41, 5.74) is 0. The van der Waals surface area contributed by atoms with E-state index in [0.29, 0.717) is 0 Å². The summed E-state index contributed by atoms with van der Waals surface area (Å²) in [5, 5.41) is 18.1. The van der Waals surface area contributed by atoms with Gasteiger partial charge >= 0.3 is 24.3 Å². The highest BCUT2D eigenvalue weighted by molar-refractivity contribution is 5.88. The lowest BCUT2D eigenvalue weighted by molar-refractivity contribution is -0.171. The summed E-state index contributed by atoms with van der Waals surface area (Å²) < 4.78 is 48.8. The van der Waals surface area contributed by atoms with Crippen LogP contribution in [0.15, 0.2) is 0 Å². The summed E-state index contributed by atoms with van der Waals surface area (Å²) in [6.45, 7) is 0. The summed E-state index contributed by atoms with van der Waals surface area (Å²) in [4.78, 5) is 31.6. The van der Waals surface area contributed by atoms with E-state index in [1.165, 1.54) is 5.32 Å². The number of aliphatic carboxylic acids is 2. The standard InChI is InChI=1S/C9H11F4NO5/c10-7(11)9(12,13)8(19)14-4(6(17)18)2-1-3-5(15)16/h4,7H,1-3H2,(H,14,19)(H,15,16)(H,17,18)/t4-/m1/s1. The molecule has 0 saturated heterocycles. The molecule has 3 N–H and O–H groups in total. The minimum atomic E-state index is -5.00. The number of alkyl halides is 4. The van der Waals surface area contributed by atoms with E-state index in [2.05, 4.69) is 0 Å². The maximum atomic E-state index is 12.6. The lowest BCUT2D eigenvalue weighted by Crippen LogP contribution is -2.51. The van der Waals surface area contributed by atoms with E-state index in [9.17, 15) is 31.9 Å². The Morgan fingerprint density at radius 3 is 2.05 bits per heavy atom. The molecule has 0 aromatic heterocycles. The SMILES string of the molecule is O=C(O)CCC[C@@H](NC(=O)C(F)(F)C(F)F)C(=O)O. The summed E-state index contributed by atoms with van der Waals surface area (Å²) in [6.07, 6.45) is -5.38. The van der Waals surface area contributed by atoms with Crippen LogP contribution in [0.5, 0.6) is 0 Å². The molecule has 0 aliphatic carbocycles. The van der Waals surface area contributed by atoms with E-state index in [4.69, 9.17) is 10.2 Å². The van der Waals surface area contributed by atoms with Crippen molar-refractivity contribution in [1.82, 2.24) is 5.32 Å². The number of nitrogens with one attached hydrogen (secondary N) is 1. The van der Waals surface area contributed by atoms with Crippen LogP contribution in [0.3, 0.4) is 0 Å². The lowest BCUT2D eigenvalue weighted by Gasteiger charge is -2.19. The summed E-state index contributed by atoms with van der Waals surface area (Å²) in [5.74, 6) is -10.4. The quantitative estimate of drug-likeness (QED) is 0.571. The topological polar surface area (TPSA) is 104 Å². The van der Waals surface area contributed by atoms with E-state index in [1.54, 1.807) is 0 Å². The number of carbonyl (C=O) groups excluding carboxylic acids is 1. The first-order chi connectivity index (χ1) is 8.59. The van der Waals surface area contributed by atoms with Crippen LogP contribution in [0.2, 0.25) is 0 Å². The zero-order valence-corrected chi connectivity index (χ0v) is 9.41. The number of hydrogen-bond donors (Lipinski definition) is 3. The molecular weight excluding hydrogens is 278 g/mol. The third kappa shape index (κ3) is 5.53. The molecule has 0 heterocycles. The van der Waals surface area contributed by atoms with Gasteiger partial charge in [-0.1, -0.05) is 0 Å². The number of hydrogen-bond acceptors (Lipinski definition) is 3. The van der Waals surface area contributed by atoms with Crippen molar-refractivity contribution in [3.8, 4) is 0 Å². The zero-order chi connectivity index (χ0) is 15.2. The summed E-state index contributed by atoms with van der Waals surface area (Å²) in [7, 11) is 0. The molecule has 0 saturated carbocycles. The Labute approximate surface area is 104 Å². The minimum absolute atomic E-state index is 0.215. The van der Waals surface area contributed by atoms with Gasteiger partial charge in [-0.25, -0.2) is 13.6 Å². The molecule has 0 bridgehead atoms. The Kier molecular flexibility index (Phi) is 6.22. The third-order valence-electron chi connectivity index (χ3n) is 2.06. The molecule has 1 atom stereocenters. The first-order valence-electron chi connectivity index (χ1n) is 5.00. The predicted octanol–water partition coefficient (Wildman–Crippen LogP) is 0.711. The second kappa shape index (κ2) is 6.90. The van der Waals surface area contributed by atoms with Gasteiger partial charge in [0.15, 0.2) is 0 Å². The fourth-order valence-corrected chi connectivity index (χ4v) is 1.07. The third-order valence-corrected chi connectivity index (χ3v) is 2.06. The normalized spacial score (nSPS) is 13.1. The Hall–Kier alpha value is -1.87. The molecular formula is C9H11F4NO5. The van der Waals surface area contributed by atoms with Crippen LogP contribution in [-0.2, 0) is 14.4 Å². The van der Waals surface area contributed by atoms with Crippen molar-refractivity contribution < 1.29 is 42.2 Å². The van der Waals surface area contributed by atoms with Crippen molar-refractivity contribution in [2.24, 2.45) is 0 Å². The van der Waals surface area contributed by atoms with Gasteiger partial charge in [0.2, 0.25) is 0 Å². The molecule has 110 valence electrons. The van der Waals surface area contributed by atoms with Gasteiger partial charge < -0.3 is 15.5 Å². The summed E-state index contributed by atoms with van der Waals surface area (Å²) in [6, 6.07) is -1.85. The number of halogens is 4. The van der Waals surface area contributed by atoms with Crippen molar-refractivity contribution in [3.05, 3.63) is 0 Å². The fraction of sp³-hybridized carbons (Fsp3) is 0.667. The van der Waals surface area contributed by atoms with Gasteiger partial charge in [0.05, 0.1) is 0 Å². The van der Waals surface area contributed by atoms with Crippen LogP contribution in [0.4, 0.5) is 17.6 Å². The molecule has 0 fully saturated rings. The average molecular weight is 289 g/mol. The second-order valence-electron chi connectivity index (χ2n) is 3.57. The number of carboxylic acid groups (broad SMARTS) is 2. The largest absolute Gasteiger partial charge is 0.481 e. The molecule has 0 aromatic carbocycles. The monoisotopic (exact) mass is 289 g/mol. The molecule has 0 rings (SSSR count). The molecule has 1 amide bonds. The maximum Gasteiger partial charge on any atom is 0.383 e. The first-order valence-corrected chi connectivity index (χ1v) is 5.00. The summed E-state index contributed by atoms with van der Waals surface area (Å²) >= 11 is 0. The van der Waals surface area contributed by atoms with Crippen LogP contribution in [-0.4, -0.2) is 46.4 Å². The number of carbonyl (C=O) groups is 3. The van der Waals surface area contributed by atoms with E-state index in [-0.39, 0.29) is 6.42 Å². The number of rotatable bonds is 8. The van der Waals surface area contributed by atoms with Crippen LogP contribution >= 0.6 is 0 Å². The molecule has 0 aliphatic heterocycles. The Bertz CT molecular complexity index is 361. The highest BCUT2D eigenvalue weighted by Gasteiger charge is 2.49. The van der Waals surface area contributed by atoms with E-state index in [0.717, 1.165) is 0 Å². The molecule has 0 radical (unpaired) electrons. The molecule has 19 heavy (non-hydrogen) atoms. The van der Waals surface area contributed by atoms with Crippen molar-refractivity contribution in [3.63, 3.8) is 0 Å². The van der Waals surface area contributed by atoms with Crippen molar-refractivity contribution in [1.29, 1.82) is 0 Å². The fourth-order valence-electron chi connectivity index (χ4n) is 1.07. The maximum absolute atomic E-state index is 12.6. The lowest BCUT2D eigenvalue weighted by atomic mass is 10.1. The van der Waals surface area contributed by atoms with Gasteiger partial charge in [-0.3, -0.25) is 9.59 Å². The van der Waals surface area contributed by atoms with Crippen LogP contribution in [0.1, 0.15) is 19.3 Å². The van der Waals surface area contributed by atoms with Gasteiger partial charge in [-0.15, -0.1) is 0 Å². The van der Waals surface area contributed by atoms with Crippen molar-refractivity contribution in [2.75, 3.05) is 0 Å². The molecule has 0 unspecified atom stereocenters. The molecule has 0 aliphatic rings. The molecule has 10 heteroatoms. The highest BCUT2D eigenvalue weighted by Crippen LogP contribution is 2.23. The van der Waals surface area contributed by atoms with Crippen LogP contribution < -0.4 is 5.32 Å². The molecule has 0 spiro atoms. The van der Waals surface area contributed by atoms with Crippen molar-refractivity contribution >= 4 is 17.8 Å². The van der Waals surface area contributed by atoms with Gasteiger partial charge in [0.1, 0.15) is 6.04 Å². The predicted molar refractivity (Wildman–Crippen MR) is 52.0 cm³/mol. The van der Waals surface area contributed by atoms with Crippen LogP contribution in [0, 0.1) is 0 Å². The van der Waals surface area contributed by atoms with Gasteiger partial charge in [0, 0.05) is 6.42 Å². The Morgan fingerprint density at radius 2 is 1.68 bits per heavy atom. The Morgan fingerprint density at radius 1 is 1.16 bits per heavy atom. The number of amides is 1. The second-order valence-corrected chi connectivity index (χ2v) is 3.57. The molecule has 6 nitrogen and oxygen atoms in total. The van der Waals surface area contributed by atoms with Gasteiger partial charge in [-0.05, 0) is 12.8 Å². The minimum Gasteiger partial charge on any atom is -0.481 e. The first kappa shape index (κ1) is 17.1. The smallest absolute Gasteiger partial charge is 0.383 e. The average Bonchev–Trinajstić information content (AvgIpc) is 2.26.